The van der Waals surface area contributed by atoms with Gasteiger partial charge in [0.2, 0.25) is 5.91 Å². The third-order valence-corrected chi connectivity index (χ3v) is 10.1. The van der Waals surface area contributed by atoms with E-state index in [1.807, 2.05) is 12.1 Å². The first-order chi connectivity index (χ1) is 21.6. The van der Waals surface area contributed by atoms with Crippen LogP contribution in [0.15, 0.2) is 29.8 Å². The zero-order valence-electron chi connectivity index (χ0n) is 27.6. The number of allylic oxidation sites excluding steroid dienone is 2. The van der Waals surface area contributed by atoms with Crippen LogP contribution in [0.2, 0.25) is 0 Å². The van der Waals surface area contributed by atoms with Crippen LogP contribution in [0.1, 0.15) is 70.9 Å². The Balaban J connectivity index is 1.03. The number of fused-ring (bicyclic) bond motifs is 1. The molecule has 3 heterocycles. The number of hydrogen-bond acceptors (Lipinski definition) is 9. The summed E-state index contributed by atoms with van der Waals surface area (Å²) in [5, 5.41) is 24.5. The van der Waals surface area contributed by atoms with E-state index < -0.39 is 6.10 Å². The van der Waals surface area contributed by atoms with E-state index in [4.69, 9.17) is 9.47 Å². The average molecular weight is 626 g/mol. The maximum Gasteiger partial charge on any atom is 0.223 e. The van der Waals surface area contributed by atoms with Gasteiger partial charge in [-0.3, -0.25) is 25.1 Å². The lowest BCUT2D eigenvalue weighted by Gasteiger charge is -2.34. The van der Waals surface area contributed by atoms with Crippen molar-refractivity contribution in [2.24, 2.45) is 17.8 Å². The molecule has 5 rings (SSSR count). The van der Waals surface area contributed by atoms with Gasteiger partial charge in [-0.1, -0.05) is 25.5 Å². The number of carbonyl (C=O) groups is 2. The van der Waals surface area contributed by atoms with Crippen molar-refractivity contribution in [3.8, 4) is 5.75 Å². The second kappa shape index (κ2) is 16.0. The Morgan fingerprint density at radius 2 is 2.02 bits per heavy atom. The van der Waals surface area contributed by atoms with Crippen LogP contribution in [0.3, 0.4) is 0 Å². The molecule has 0 aromatic heterocycles. The van der Waals surface area contributed by atoms with Gasteiger partial charge in [-0.15, -0.1) is 0 Å². The summed E-state index contributed by atoms with van der Waals surface area (Å²) in [4.78, 5) is 27.1. The number of amides is 1. The summed E-state index contributed by atoms with van der Waals surface area (Å²) < 4.78 is 11.7. The number of aliphatic hydroxyl groups is 1. The fraction of sp³-hybridized carbons (Fsp3) is 0.714. The first-order valence-electron chi connectivity index (χ1n) is 17.1. The average Bonchev–Trinajstić information content (AvgIpc) is 3.36. The summed E-state index contributed by atoms with van der Waals surface area (Å²) in [5.74, 6) is 1.82. The number of nitrogens with zero attached hydrogens (tertiary/aromatic N) is 1. The predicted molar refractivity (Wildman–Crippen MR) is 175 cm³/mol. The number of β-amino-alcohol motifs (C(OH)–C–C–N with tert-alkyl or cyclic N) is 1. The second-order valence-electron chi connectivity index (χ2n) is 14.1. The van der Waals surface area contributed by atoms with Crippen molar-refractivity contribution in [2.75, 3.05) is 39.5 Å². The highest BCUT2D eigenvalue weighted by atomic mass is 16.5. The molecule has 3 aliphatic heterocycles. The highest BCUT2D eigenvalue weighted by Gasteiger charge is 2.31. The Bertz CT molecular complexity index is 1190. The van der Waals surface area contributed by atoms with E-state index in [-0.39, 0.29) is 42.5 Å². The Morgan fingerprint density at radius 1 is 1.18 bits per heavy atom. The summed E-state index contributed by atoms with van der Waals surface area (Å²) in [5.41, 5.74) is 3.81. The zero-order chi connectivity index (χ0) is 31.9. The van der Waals surface area contributed by atoms with E-state index in [1.165, 1.54) is 16.7 Å². The van der Waals surface area contributed by atoms with Gasteiger partial charge in [0.05, 0.1) is 19.0 Å². The summed E-state index contributed by atoms with van der Waals surface area (Å²) in [6, 6.07) is 6.92. The second-order valence-corrected chi connectivity index (χ2v) is 14.1. The number of piperidine rings is 1. The third-order valence-electron chi connectivity index (χ3n) is 10.1. The molecule has 0 bridgehead atoms. The minimum atomic E-state index is -0.623. The van der Waals surface area contributed by atoms with Crippen molar-refractivity contribution >= 4 is 11.7 Å². The molecule has 3 fully saturated rings. The maximum atomic E-state index is 13.1. The number of nitrogens with one attached hydrogen (secondary N) is 4. The van der Waals surface area contributed by atoms with Crippen LogP contribution in [-0.2, 0) is 27.3 Å². The Labute approximate surface area is 269 Å². The molecule has 2 saturated heterocycles. The van der Waals surface area contributed by atoms with Crippen molar-refractivity contribution in [2.45, 2.75) is 103 Å². The number of benzene rings is 1. The molecule has 1 saturated carbocycles. The zero-order valence-corrected chi connectivity index (χ0v) is 27.6. The molecule has 1 aromatic rings. The van der Waals surface area contributed by atoms with Gasteiger partial charge in [0.15, 0.2) is 5.78 Å². The number of carbonyl (C=O) groups excluding carboxylic acids is 2. The molecular formula is C35H55N5O5. The molecule has 10 heteroatoms. The van der Waals surface area contributed by atoms with E-state index in [0.29, 0.717) is 37.8 Å². The Hall–Kier alpha value is -2.34. The fourth-order valence-corrected chi connectivity index (χ4v) is 7.50. The summed E-state index contributed by atoms with van der Waals surface area (Å²) in [7, 11) is 0. The number of ketones is 1. The van der Waals surface area contributed by atoms with E-state index in [0.717, 1.165) is 63.9 Å². The maximum absolute atomic E-state index is 13.1. The van der Waals surface area contributed by atoms with Crippen molar-refractivity contribution in [1.82, 2.24) is 26.2 Å². The van der Waals surface area contributed by atoms with Crippen LogP contribution >= 0.6 is 0 Å². The van der Waals surface area contributed by atoms with Crippen LogP contribution in [0.5, 0.6) is 5.75 Å². The molecule has 8 atom stereocenters. The van der Waals surface area contributed by atoms with E-state index in [9.17, 15) is 14.7 Å². The molecule has 250 valence electrons. The van der Waals surface area contributed by atoms with Gasteiger partial charge in [-0.2, -0.15) is 0 Å². The van der Waals surface area contributed by atoms with Gasteiger partial charge in [0, 0.05) is 44.2 Å². The number of aliphatic hydroxyl groups excluding tert-OH is 1. The minimum Gasteiger partial charge on any atom is -0.491 e. The van der Waals surface area contributed by atoms with Gasteiger partial charge in [0.25, 0.3) is 0 Å². The normalized spacial score (nSPS) is 32.5. The minimum absolute atomic E-state index is 0.0290. The lowest BCUT2D eigenvalue weighted by atomic mass is 9.92. The van der Waals surface area contributed by atoms with Crippen molar-refractivity contribution < 1.29 is 24.2 Å². The number of rotatable bonds is 11. The standard InChI is InChI=1S/C35H55N5O5/c1-22-11-29(14-24(3)41)23(2)13-30(12-22)39-34-16-27(7-9-36-34)35(43)37-17-31(42)19-40-10-8-26-15-32(6-5-28(26)18-40)44-20-33-25(4)38-21-45-33/h5-6,14-15,22-23,25,27,30-31,33-34,36,38-39,42H,7-13,16-21H2,1-4H3,(H,37,43)/b29-14+/t22-,23-,25?,27?,30-,31-,33?,34?/m0/s1. The van der Waals surface area contributed by atoms with Gasteiger partial charge in [-0.25, -0.2) is 0 Å². The van der Waals surface area contributed by atoms with Gasteiger partial charge in [0.1, 0.15) is 18.5 Å². The van der Waals surface area contributed by atoms with Gasteiger partial charge >= 0.3 is 0 Å². The van der Waals surface area contributed by atoms with Crippen LogP contribution < -0.4 is 26.0 Å². The molecular weight excluding hydrogens is 570 g/mol. The molecule has 1 aliphatic carbocycles. The largest absolute Gasteiger partial charge is 0.491 e. The molecule has 45 heavy (non-hydrogen) atoms. The van der Waals surface area contributed by atoms with Gasteiger partial charge in [-0.05, 0) is 100 Å². The molecule has 5 N–H and O–H groups in total. The molecule has 1 amide bonds. The molecule has 1 aromatic carbocycles. The van der Waals surface area contributed by atoms with E-state index in [1.54, 1.807) is 6.92 Å². The highest BCUT2D eigenvalue weighted by Crippen LogP contribution is 2.32. The van der Waals surface area contributed by atoms with Crippen LogP contribution in [0.25, 0.3) is 0 Å². The molecule has 4 aliphatic rings. The van der Waals surface area contributed by atoms with Crippen LogP contribution in [0.4, 0.5) is 0 Å². The fourth-order valence-electron chi connectivity index (χ4n) is 7.50. The lowest BCUT2D eigenvalue weighted by molar-refractivity contribution is -0.126. The molecule has 0 radical (unpaired) electrons. The molecule has 0 spiro atoms. The Kier molecular flexibility index (Phi) is 12.1. The first-order valence-corrected chi connectivity index (χ1v) is 17.1. The van der Waals surface area contributed by atoms with Crippen LogP contribution in [-0.4, -0.2) is 91.7 Å². The number of ether oxygens (including phenoxy) is 2. The van der Waals surface area contributed by atoms with Crippen LogP contribution in [0, 0.1) is 17.8 Å². The molecule has 4 unspecified atom stereocenters. The van der Waals surface area contributed by atoms with Gasteiger partial charge < -0.3 is 25.2 Å². The van der Waals surface area contributed by atoms with Crippen molar-refractivity contribution in [1.29, 1.82) is 0 Å². The first kappa shape index (κ1) is 34.0. The Morgan fingerprint density at radius 3 is 2.80 bits per heavy atom. The van der Waals surface area contributed by atoms with E-state index >= 15 is 0 Å². The summed E-state index contributed by atoms with van der Waals surface area (Å²) >= 11 is 0. The van der Waals surface area contributed by atoms with Crippen molar-refractivity contribution in [3.05, 3.63) is 41.0 Å². The smallest absolute Gasteiger partial charge is 0.223 e. The molecule has 10 nitrogen and oxygen atoms in total. The van der Waals surface area contributed by atoms with E-state index in [2.05, 4.69) is 59.1 Å². The number of hydrogen-bond donors (Lipinski definition) is 5. The topological polar surface area (TPSA) is 124 Å². The SMILES string of the molecule is CC(=O)/C=C1\C[C@H](C)C[C@H](NC2CC(C(=O)NC[C@H](O)CN3CCc4cc(OCC5OCNC5C)ccc4C3)CCN2)C[C@@H]1C. The summed E-state index contributed by atoms with van der Waals surface area (Å²) in [6.45, 7) is 12.5. The summed E-state index contributed by atoms with van der Waals surface area (Å²) in [6.07, 6.45) is 6.81. The van der Waals surface area contributed by atoms with Crippen molar-refractivity contribution in [3.63, 3.8) is 0 Å². The third kappa shape index (κ3) is 9.83. The predicted octanol–water partition coefficient (Wildman–Crippen LogP) is 2.49. The quantitative estimate of drug-likeness (QED) is 0.186. The highest BCUT2D eigenvalue weighted by molar-refractivity contribution is 5.88. The lowest BCUT2D eigenvalue weighted by Crippen LogP contribution is -2.54. The monoisotopic (exact) mass is 625 g/mol.